The number of aromatic hydroxyl groups is 1. The van der Waals surface area contributed by atoms with Gasteiger partial charge in [-0.1, -0.05) is 41.5 Å². The molecule has 7 nitrogen and oxygen atoms in total. The number of anilines is 2. The first-order chi connectivity index (χ1) is 10.9. The SMILES string of the molecule is CC(C)(C)c1nc(Nc2nc(C(=O)O)cs2)nc(C(C)(C)C)c1O. The standard InChI is InChI=1S/C16H22N4O3S/c1-15(2,3)10-9(21)11(16(4,5)6)19-13(18-10)20-14-17-8(7-24-14)12(22)23/h7,21H,1-6H3,(H,22,23)(H,17,18,19,20). The van der Waals surface area contributed by atoms with Crippen molar-refractivity contribution in [3.8, 4) is 5.75 Å². The van der Waals surface area contributed by atoms with Crippen LogP contribution in [-0.4, -0.2) is 31.1 Å². The van der Waals surface area contributed by atoms with E-state index in [1.165, 1.54) is 5.38 Å². The number of thiazole rings is 1. The second-order valence-corrected chi connectivity index (χ2v) is 8.42. The van der Waals surface area contributed by atoms with E-state index < -0.39 is 5.97 Å². The Kier molecular flexibility index (Phi) is 4.54. The number of hydrogen-bond acceptors (Lipinski definition) is 7. The summed E-state index contributed by atoms with van der Waals surface area (Å²) in [5, 5.41) is 24.3. The molecule has 0 atom stereocenters. The van der Waals surface area contributed by atoms with Gasteiger partial charge in [0.2, 0.25) is 5.95 Å². The molecule has 2 heterocycles. The Hall–Kier alpha value is -2.22. The van der Waals surface area contributed by atoms with Crippen molar-refractivity contribution in [2.75, 3.05) is 5.32 Å². The molecular formula is C16H22N4O3S. The van der Waals surface area contributed by atoms with Crippen LogP contribution in [0.3, 0.4) is 0 Å². The Bertz CT molecular complexity index is 737. The summed E-state index contributed by atoms with van der Waals surface area (Å²) in [4.78, 5) is 23.7. The summed E-state index contributed by atoms with van der Waals surface area (Å²) in [6.45, 7) is 11.7. The predicted molar refractivity (Wildman–Crippen MR) is 93.5 cm³/mol. The third-order valence-electron chi connectivity index (χ3n) is 3.25. The summed E-state index contributed by atoms with van der Waals surface area (Å²) < 4.78 is 0. The minimum Gasteiger partial charge on any atom is -0.504 e. The van der Waals surface area contributed by atoms with Gasteiger partial charge in [0, 0.05) is 16.2 Å². The molecule has 0 fully saturated rings. The lowest BCUT2D eigenvalue weighted by Crippen LogP contribution is -2.21. The van der Waals surface area contributed by atoms with Crippen LogP contribution in [0.1, 0.15) is 63.4 Å². The second-order valence-electron chi connectivity index (χ2n) is 7.56. The van der Waals surface area contributed by atoms with Crippen molar-refractivity contribution in [3.05, 3.63) is 22.5 Å². The molecule has 0 aliphatic heterocycles. The monoisotopic (exact) mass is 350 g/mol. The molecule has 8 heteroatoms. The topological polar surface area (TPSA) is 108 Å². The molecule has 0 bridgehead atoms. The van der Waals surface area contributed by atoms with Crippen LogP contribution in [0.15, 0.2) is 5.38 Å². The van der Waals surface area contributed by atoms with Gasteiger partial charge in [-0.15, -0.1) is 11.3 Å². The zero-order valence-electron chi connectivity index (χ0n) is 14.6. The predicted octanol–water partition coefficient (Wildman–Crippen LogP) is 3.68. The Morgan fingerprint density at radius 3 is 1.92 bits per heavy atom. The third-order valence-corrected chi connectivity index (χ3v) is 4.00. The average molecular weight is 350 g/mol. The first kappa shape index (κ1) is 18.1. The second kappa shape index (κ2) is 6.01. The maximum atomic E-state index is 10.9. The van der Waals surface area contributed by atoms with Crippen LogP contribution in [-0.2, 0) is 10.8 Å². The molecule has 0 aromatic carbocycles. The Morgan fingerprint density at radius 1 is 1.04 bits per heavy atom. The van der Waals surface area contributed by atoms with E-state index in [-0.39, 0.29) is 28.2 Å². The van der Waals surface area contributed by atoms with E-state index in [9.17, 15) is 9.90 Å². The highest BCUT2D eigenvalue weighted by molar-refractivity contribution is 7.14. The summed E-state index contributed by atoms with van der Waals surface area (Å²) in [5.74, 6) is -0.712. The number of carboxylic acid groups (broad SMARTS) is 1. The van der Waals surface area contributed by atoms with Crippen molar-refractivity contribution in [1.29, 1.82) is 0 Å². The number of carboxylic acids is 1. The van der Waals surface area contributed by atoms with Gasteiger partial charge in [-0.05, 0) is 0 Å². The van der Waals surface area contributed by atoms with Gasteiger partial charge in [-0.25, -0.2) is 19.7 Å². The van der Waals surface area contributed by atoms with Gasteiger partial charge in [-0.2, -0.15) is 0 Å². The van der Waals surface area contributed by atoms with Crippen LogP contribution in [0.5, 0.6) is 5.75 Å². The van der Waals surface area contributed by atoms with Gasteiger partial charge in [0.1, 0.15) is 0 Å². The number of carbonyl (C=O) groups is 1. The Labute approximate surface area is 144 Å². The van der Waals surface area contributed by atoms with Gasteiger partial charge in [0.05, 0.1) is 11.4 Å². The lowest BCUT2D eigenvalue weighted by atomic mass is 9.85. The van der Waals surface area contributed by atoms with E-state index in [1.54, 1.807) is 0 Å². The lowest BCUT2D eigenvalue weighted by molar-refractivity contribution is 0.0691. The first-order valence-corrected chi connectivity index (χ1v) is 8.35. The van der Waals surface area contributed by atoms with E-state index in [1.807, 2.05) is 41.5 Å². The number of nitrogens with one attached hydrogen (secondary N) is 1. The van der Waals surface area contributed by atoms with Gasteiger partial charge in [0.25, 0.3) is 0 Å². The van der Waals surface area contributed by atoms with Crippen molar-refractivity contribution < 1.29 is 15.0 Å². The molecule has 0 aliphatic rings. The fourth-order valence-electron chi connectivity index (χ4n) is 2.08. The summed E-state index contributed by atoms with van der Waals surface area (Å²) in [7, 11) is 0. The van der Waals surface area contributed by atoms with Crippen molar-refractivity contribution >= 4 is 28.4 Å². The molecule has 0 radical (unpaired) electrons. The van der Waals surface area contributed by atoms with Crippen LogP contribution in [0.25, 0.3) is 0 Å². The van der Waals surface area contributed by atoms with Gasteiger partial charge < -0.3 is 15.5 Å². The molecular weight excluding hydrogens is 328 g/mol. The smallest absolute Gasteiger partial charge is 0.355 e. The number of hydrogen-bond donors (Lipinski definition) is 3. The maximum absolute atomic E-state index is 10.9. The largest absolute Gasteiger partial charge is 0.504 e. The molecule has 2 aromatic rings. The van der Waals surface area contributed by atoms with Gasteiger partial charge >= 0.3 is 5.97 Å². The molecule has 0 saturated carbocycles. The normalized spacial score (nSPS) is 12.2. The average Bonchev–Trinajstić information content (AvgIpc) is 2.86. The molecule has 2 rings (SSSR count). The molecule has 0 amide bonds. The van der Waals surface area contributed by atoms with Crippen molar-refractivity contribution in [2.45, 2.75) is 52.4 Å². The Morgan fingerprint density at radius 2 is 1.54 bits per heavy atom. The summed E-state index contributed by atoms with van der Waals surface area (Å²) in [5.41, 5.74) is 0.269. The number of nitrogens with zero attached hydrogens (tertiary/aromatic N) is 3. The first-order valence-electron chi connectivity index (χ1n) is 7.47. The number of aromatic carboxylic acids is 1. The van der Waals surface area contributed by atoms with Crippen LogP contribution >= 0.6 is 11.3 Å². The molecule has 2 aromatic heterocycles. The molecule has 24 heavy (non-hydrogen) atoms. The van der Waals surface area contributed by atoms with Crippen molar-refractivity contribution in [3.63, 3.8) is 0 Å². The minimum absolute atomic E-state index is 0.0339. The zero-order chi connectivity index (χ0) is 18.3. The third kappa shape index (κ3) is 3.81. The van der Waals surface area contributed by atoms with Crippen LogP contribution in [0.2, 0.25) is 0 Å². The van der Waals surface area contributed by atoms with E-state index in [2.05, 4.69) is 20.3 Å². The highest BCUT2D eigenvalue weighted by Gasteiger charge is 2.29. The summed E-state index contributed by atoms with van der Waals surface area (Å²) >= 11 is 1.16. The molecule has 0 aliphatic carbocycles. The highest BCUT2D eigenvalue weighted by atomic mass is 32.1. The van der Waals surface area contributed by atoms with E-state index in [0.717, 1.165) is 11.3 Å². The maximum Gasteiger partial charge on any atom is 0.355 e. The summed E-state index contributed by atoms with van der Waals surface area (Å²) in [6, 6.07) is 0. The molecule has 3 N–H and O–H groups in total. The van der Waals surface area contributed by atoms with Crippen LogP contribution in [0.4, 0.5) is 11.1 Å². The Balaban J connectivity index is 2.51. The number of rotatable bonds is 3. The molecule has 0 spiro atoms. The summed E-state index contributed by atoms with van der Waals surface area (Å²) in [6.07, 6.45) is 0. The highest BCUT2D eigenvalue weighted by Crippen LogP contribution is 2.37. The fraction of sp³-hybridized carbons (Fsp3) is 0.500. The van der Waals surface area contributed by atoms with Crippen LogP contribution in [0, 0.1) is 0 Å². The van der Waals surface area contributed by atoms with Gasteiger partial charge in [0.15, 0.2) is 16.6 Å². The van der Waals surface area contributed by atoms with E-state index in [0.29, 0.717) is 16.5 Å². The van der Waals surface area contributed by atoms with Crippen molar-refractivity contribution in [1.82, 2.24) is 15.0 Å². The fourth-order valence-corrected chi connectivity index (χ4v) is 2.76. The molecule has 130 valence electrons. The van der Waals surface area contributed by atoms with Crippen molar-refractivity contribution in [2.24, 2.45) is 0 Å². The molecule has 0 saturated heterocycles. The van der Waals surface area contributed by atoms with Gasteiger partial charge in [-0.3, -0.25) is 0 Å². The minimum atomic E-state index is -1.09. The van der Waals surface area contributed by atoms with E-state index >= 15 is 0 Å². The zero-order valence-corrected chi connectivity index (χ0v) is 15.4. The lowest BCUT2D eigenvalue weighted by Gasteiger charge is -2.25. The van der Waals surface area contributed by atoms with Crippen LogP contribution < -0.4 is 5.32 Å². The number of aromatic nitrogens is 3. The quantitative estimate of drug-likeness (QED) is 0.775. The van der Waals surface area contributed by atoms with E-state index in [4.69, 9.17) is 5.11 Å². The molecule has 0 unspecified atom stereocenters.